The predicted molar refractivity (Wildman–Crippen MR) is 66.4 cm³/mol. The molecule has 0 radical (unpaired) electrons. The second-order valence-electron chi connectivity index (χ2n) is 4.35. The maximum Gasteiger partial charge on any atom is 0.123 e. The van der Waals surface area contributed by atoms with Gasteiger partial charge in [0.2, 0.25) is 0 Å². The number of thiol groups is 1. The van der Waals surface area contributed by atoms with Crippen LogP contribution in [0.5, 0.6) is 0 Å². The third kappa shape index (κ3) is 2.97. The van der Waals surface area contributed by atoms with Crippen molar-refractivity contribution in [3.8, 4) is 0 Å². The van der Waals surface area contributed by atoms with E-state index in [-0.39, 0.29) is 5.82 Å². The topological polar surface area (TPSA) is 6.48 Å². The molecule has 0 aliphatic carbocycles. The molecule has 0 N–H and O–H groups in total. The molecule has 2 nitrogen and oxygen atoms in total. The molecule has 0 unspecified atom stereocenters. The Morgan fingerprint density at radius 3 is 2.62 bits per heavy atom. The van der Waals surface area contributed by atoms with Crippen molar-refractivity contribution in [2.45, 2.75) is 11.4 Å². The SMILES string of the molecule is CN1CCN(Cc2cc(F)ccc2S)CC1. The number of piperazine rings is 1. The molecule has 16 heavy (non-hydrogen) atoms. The van der Waals surface area contributed by atoms with Crippen LogP contribution in [-0.2, 0) is 6.54 Å². The smallest absolute Gasteiger partial charge is 0.123 e. The van der Waals surface area contributed by atoms with E-state index >= 15 is 0 Å². The van der Waals surface area contributed by atoms with Crippen molar-refractivity contribution < 1.29 is 4.39 Å². The first-order valence-corrected chi connectivity index (χ1v) is 5.98. The highest BCUT2D eigenvalue weighted by molar-refractivity contribution is 7.80. The Balaban J connectivity index is 2.00. The summed E-state index contributed by atoms with van der Waals surface area (Å²) in [7, 11) is 2.13. The highest BCUT2D eigenvalue weighted by atomic mass is 32.1. The molecular weight excluding hydrogens is 223 g/mol. The van der Waals surface area contributed by atoms with Gasteiger partial charge in [0, 0.05) is 37.6 Å². The molecule has 4 heteroatoms. The van der Waals surface area contributed by atoms with Crippen LogP contribution >= 0.6 is 12.6 Å². The number of hydrogen-bond acceptors (Lipinski definition) is 3. The van der Waals surface area contributed by atoms with Crippen LogP contribution in [0.3, 0.4) is 0 Å². The third-order valence-corrected chi connectivity index (χ3v) is 3.47. The standard InChI is InChI=1S/C12H17FN2S/c1-14-4-6-15(7-5-14)9-10-8-11(13)2-3-12(10)16/h2-3,8,16H,4-7,9H2,1H3. The van der Waals surface area contributed by atoms with Gasteiger partial charge in [-0.3, -0.25) is 4.90 Å². The highest BCUT2D eigenvalue weighted by Crippen LogP contribution is 2.17. The average molecular weight is 240 g/mol. The zero-order valence-corrected chi connectivity index (χ0v) is 10.4. The molecule has 0 spiro atoms. The van der Waals surface area contributed by atoms with Gasteiger partial charge in [-0.15, -0.1) is 12.6 Å². The minimum Gasteiger partial charge on any atom is -0.304 e. The van der Waals surface area contributed by atoms with Crippen LogP contribution in [0.1, 0.15) is 5.56 Å². The fraction of sp³-hybridized carbons (Fsp3) is 0.500. The van der Waals surface area contributed by atoms with Crippen LogP contribution in [0.4, 0.5) is 4.39 Å². The lowest BCUT2D eigenvalue weighted by molar-refractivity contribution is 0.147. The van der Waals surface area contributed by atoms with E-state index in [0.29, 0.717) is 0 Å². The van der Waals surface area contributed by atoms with Crippen LogP contribution in [0, 0.1) is 5.82 Å². The number of halogens is 1. The molecule has 0 atom stereocenters. The number of likely N-dealkylation sites (N-methyl/N-ethyl adjacent to an activating group) is 1. The van der Waals surface area contributed by atoms with E-state index in [1.807, 2.05) is 0 Å². The van der Waals surface area contributed by atoms with E-state index in [2.05, 4.69) is 29.5 Å². The fourth-order valence-corrected chi connectivity index (χ4v) is 2.14. The van der Waals surface area contributed by atoms with E-state index < -0.39 is 0 Å². The molecule has 1 heterocycles. The second kappa shape index (κ2) is 5.17. The molecule has 0 bridgehead atoms. The monoisotopic (exact) mass is 240 g/mol. The first-order chi connectivity index (χ1) is 7.65. The van der Waals surface area contributed by atoms with E-state index in [0.717, 1.165) is 43.2 Å². The van der Waals surface area contributed by atoms with Gasteiger partial charge >= 0.3 is 0 Å². The van der Waals surface area contributed by atoms with Crippen molar-refractivity contribution in [1.29, 1.82) is 0 Å². The number of nitrogens with zero attached hydrogens (tertiary/aromatic N) is 2. The number of hydrogen-bond donors (Lipinski definition) is 1. The minimum absolute atomic E-state index is 0.179. The summed E-state index contributed by atoms with van der Waals surface area (Å²) >= 11 is 4.36. The third-order valence-electron chi connectivity index (χ3n) is 3.03. The molecule has 1 aromatic carbocycles. The van der Waals surface area contributed by atoms with E-state index in [4.69, 9.17) is 0 Å². The van der Waals surface area contributed by atoms with E-state index in [1.54, 1.807) is 12.1 Å². The molecule has 1 fully saturated rings. The van der Waals surface area contributed by atoms with Gasteiger partial charge in [-0.2, -0.15) is 0 Å². The molecule has 1 saturated heterocycles. The van der Waals surface area contributed by atoms with E-state index in [1.165, 1.54) is 6.07 Å². The highest BCUT2D eigenvalue weighted by Gasteiger charge is 2.14. The number of benzene rings is 1. The Morgan fingerprint density at radius 2 is 1.94 bits per heavy atom. The molecule has 1 aromatic rings. The minimum atomic E-state index is -0.179. The van der Waals surface area contributed by atoms with Crippen LogP contribution in [0.15, 0.2) is 23.1 Å². The van der Waals surface area contributed by atoms with Gasteiger partial charge in [-0.1, -0.05) is 0 Å². The van der Waals surface area contributed by atoms with Crippen molar-refractivity contribution in [3.63, 3.8) is 0 Å². The molecule has 0 aromatic heterocycles. The van der Waals surface area contributed by atoms with Gasteiger partial charge in [0.1, 0.15) is 5.82 Å². The summed E-state index contributed by atoms with van der Waals surface area (Å²) in [6.07, 6.45) is 0. The molecule has 0 saturated carbocycles. The van der Waals surface area contributed by atoms with Crippen LogP contribution < -0.4 is 0 Å². The summed E-state index contributed by atoms with van der Waals surface area (Å²) in [6, 6.07) is 4.76. The maximum absolute atomic E-state index is 13.1. The first-order valence-electron chi connectivity index (χ1n) is 5.53. The molecule has 88 valence electrons. The van der Waals surface area contributed by atoms with Crippen molar-refractivity contribution >= 4 is 12.6 Å². The lowest BCUT2D eigenvalue weighted by atomic mass is 10.2. The summed E-state index contributed by atoms with van der Waals surface area (Å²) in [5, 5.41) is 0. The van der Waals surface area contributed by atoms with Crippen molar-refractivity contribution in [3.05, 3.63) is 29.6 Å². The van der Waals surface area contributed by atoms with Crippen molar-refractivity contribution in [1.82, 2.24) is 9.80 Å². The maximum atomic E-state index is 13.1. The molecular formula is C12H17FN2S. The molecule has 0 amide bonds. The average Bonchev–Trinajstić information content (AvgIpc) is 2.27. The summed E-state index contributed by atoms with van der Waals surface area (Å²) in [5.74, 6) is -0.179. The zero-order chi connectivity index (χ0) is 11.5. The quantitative estimate of drug-likeness (QED) is 0.788. The van der Waals surface area contributed by atoms with Gasteiger partial charge in [0.15, 0.2) is 0 Å². The normalized spacial score (nSPS) is 18.9. The summed E-state index contributed by atoms with van der Waals surface area (Å²) < 4.78 is 13.1. The Kier molecular flexibility index (Phi) is 3.84. The second-order valence-corrected chi connectivity index (χ2v) is 4.83. The van der Waals surface area contributed by atoms with Gasteiger partial charge in [-0.25, -0.2) is 4.39 Å². The van der Waals surface area contributed by atoms with Crippen LogP contribution in [0.25, 0.3) is 0 Å². The van der Waals surface area contributed by atoms with Crippen molar-refractivity contribution in [2.75, 3.05) is 33.2 Å². The Hall–Kier alpha value is -0.580. The summed E-state index contributed by atoms with van der Waals surface area (Å²) in [6.45, 7) is 5.04. The van der Waals surface area contributed by atoms with Crippen LogP contribution in [-0.4, -0.2) is 43.0 Å². The zero-order valence-electron chi connectivity index (χ0n) is 9.49. The summed E-state index contributed by atoms with van der Waals surface area (Å²) in [4.78, 5) is 5.53. The molecule has 1 aliphatic heterocycles. The predicted octanol–water partition coefficient (Wildman–Crippen LogP) is 1.86. The number of rotatable bonds is 2. The lowest BCUT2D eigenvalue weighted by Gasteiger charge is -2.32. The lowest BCUT2D eigenvalue weighted by Crippen LogP contribution is -2.43. The molecule has 1 aliphatic rings. The van der Waals surface area contributed by atoms with Gasteiger partial charge in [-0.05, 0) is 30.8 Å². The Labute approximate surface area is 101 Å². The van der Waals surface area contributed by atoms with Gasteiger partial charge < -0.3 is 4.90 Å². The van der Waals surface area contributed by atoms with Crippen molar-refractivity contribution in [2.24, 2.45) is 0 Å². The van der Waals surface area contributed by atoms with Gasteiger partial charge in [0.25, 0.3) is 0 Å². The first kappa shape index (κ1) is 11.9. The molecule has 2 rings (SSSR count). The Bertz CT molecular complexity index is 362. The van der Waals surface area contributed by atoms with E-state index in [9.17, 15) is 4.39 Å². The Morgan fingerprint density at radius 1 is 1.25 bits per heavy atom. The fourth-order valence-electron chi connectivity index (χ4n) is 1.93. The summed E-state index contributed by atoms with van der Waals surface area (Å²) in [5.41, 5.74) is 0.980. The van der Waals surface area contributed by atoms with Crippen LogP contribution in [0.2, 0.25) is 0 Å². The van der Waals surface area contributed by atoms with Gasteiger partial charge in [0.05, 0.1) is 0 Å². The largest absolute Gasteiger partial charge is 0.304 e.